The molecule has 0 atom stereocenters. The van der Waals surface area contributed by atoms with Gasteiger partial charge in [0.1, 0.15) is 4.99 Å². The van der Waals surface area contributed by atoms with Gasteiger partial charge in [-0.05, 0) is 18.9 Å². The summed E-state index contributed by atoms with van der Waals surface area (Å²) < 4.78 is 5.39. The van der Waals surface area contributed by atoms with Gasteiger partial charge in [0.15, 0.2) is 0 Å². The van der Waals surface area contributed by atoms with Crippen molar-refractivity contribution in [3.05, 3.63) is 24.0 Å². The van der Waals surface area contributed by atoms with Crippen LogP contribution < -0.4 is 11.1 Å². The Morgan fingerprint density at radius 2 is 2.35 bits per heavy atom. The van der Waals surface area contributed by atoms with Crippen LogP contribution in [0.15, 0.2) is 18.5 Å². The van der Waals surface area contributed by atoms with E-state index in [1.807, 2.05) is 6.07 Å². The Balaban J connectivity index is 2.34. The van der Waals surface area contributed by atoms with Crippen LogP contribution >= 0.6 is 12.2 Å². The van der Waals surface area contributed by atoms with Crippen LogP contribution in [0, 0.1) is 0 Å². The fraction of sp³-hybridized carbons (Fsp3) is 0.500. The van der Waals surface area contributed by atoms with Gasteiger partial charge in [0.05, 0.1) is 11.9 Å². The average Bonchev–Trinajstić information content (AvgIpc) is 2.34. The summed E-state index contributed by atoms with van der Waals surface area (Å²) in [6, 6.07) is 1.82. The highest BCUT2D eigenvalue weighted by Crippen LogP contribution is 2.12. The molecule has 0 saturated heterocycles. The van der Waals surface area contributed by atoms with E-state index in [1.54, 1.807) is 12.4 Å². The van der Waals surface area contributed by atoms with Gasteiger partial charge in [0.2, 0.25) is 0 Å². The molecule has 1 aromatic heterocycles. The summed E-state index contributed by atoms with van der Waals surface area (Å²) in [6.07, 6.45) is 5.43. The third-order valence-corrected chi connectivity index (χ3v) is 2.44. The minimum atomic E-state index is 0.386. The summed E-state index contributed by atoms with van der Waals surface area (Å²) in [6.45, 7) is 4.52. The molecule has 0 spiro atoms. The summed E-state index contributed by atoms with van der Waals surface area (Å²) in [5.41, 5.74) is 7.35. The molecule has 0 amide bonds. The topological polar surface area (TPSA) is 60.2 Å². The first-order chi connectivity index (χ1) is 8.25. The van der Waals surface area contributed by atoms with Crippen molar-refractivity contribution in [3.63, 3.8) is 0 Å². The second-order valence-electron chi connectivity index (χ2n) is 3.68. The van der Waals surface area contributed by atoms with Gasteiger partial charge in [-0.15, -0.1) is 0 Å². The summed E-state index contributed by atoms with van der Waals surface area (Å²) in [5, 5.41) is 3.26. The van der Waals surface area contributed by atoms with Gasteiger partial charge in [-0.3, -0.25) is 4.98 Å². The van der Waals surface area contributed by atoms with Crippen LogP contribution in [0.25, 0.3) is 0 Å². The van der Waals surface area contributed by atoms with Crippen molar-refractivity contribution in [3.8, 4) is 0 Å². The third kappa shape index (κ3) is 5.10. The lowest BCUT2D eigenvalue weighted by atomic mass is 10.2. The Labute approximate surface area is 108 Å². The smallest absolute Gasteiger partial charge is 0.106 e. The second-order valence-corrected chi connectivity index (χ2v) is 4.12. The van der Waals surface area contributed by atoms with Gasteiger partial charge in [-0.1, -0.05) is 19.1 Å². The van der Waals surface area contributed by atoms with Crippen molar-refractivity contribution in [2.24, 2.45) is 5.73 Å². The number of hydrogen-bond donors (Lipinski definition) is 2. The van der Waals surface area contributed by atoms with Gasteiger partial charge in [-0.25, -0.2) is 0 Å². The van der Waals surface area contributed by atoms with E-state index in [0.717, 1.165) is 43.9 Å². The van der Waals surface area contributed by atoms with Crippen molar-refractivity contribution in [1.29, 1.82) is 0 Å². The largest absolute Gasteiger partial charge is 0.389 e. The normalized spacial score (nSPS) is 10.2. The molecule has 0 bridgehead atoms. The fourth-order valence-electron chi connectivity index (χ4n) is 1.39. The fourth-order valence-corrected chi connectivity index (χ4v) is 1.57. The first-order valence-electron chi connectivity index (χ1n) is 5.81. The molecule has 0 aliphatic carbocycles. The predicted molar refractivity (Wildman–Crippen MR) is 74.3 cm³/mol. The van der Waals surface area contributed by atoms with E-state index in [2.05, 4.69) is 17.2 Å². The highest BCUT2D eigenvalue weighted by molar-refractivity contribution is 7.80. The molecule has 0 aliphatic heterocycles. The molecule has 0 saturated carbocycles. The Kier molecular flexibility index (Phi) is 6.50. The number of anilines is 1. The summed E-state index contributed by atoms with van der Waals surface area (Å²) in [5.74, 6) is 0. The number of rotatable bonds is 8. The molecule has 1 rings (SSSR count). The number of pyridine rings is 1. The van der Waals surface area contributed by atoms with Crippen LogP contribution in [-0.4, -0.2) is 29.7 Å². The first-order valence-corrected chi connectivity index (χ1v) is 6.22. The van der Waals surface area contributed by atoms with E-state index in [9.17, 15) is 0 Å². The molecule has 1 aromatic rings. The van der Waals surface area contributed by atoms with Crippen LogP contribution in [0.4, 0.5) is 5.69 Å². The Bertz CT molecular complexity index is 357. The molecule has 0 aliphatic rings. The molecule has 0 radical (unpaired) electrons. The Hall–Kier alpha value is -1.20. The lowest BCUT2D eigenvalue weighted by Gasteiger charge is -2.10. The number of nitrogens with zero attached hydrogens (tertiary/aromatic N) is 1. The second kappa shape index (κ2) is 7.97. The molecule has 4 nitrogen and oxygen atoms in total. The number of aromatic nitrogens is 1. The molecule has 5 heteroatoms. The number of nitrogens with one attached hydrogen (secondary N) is 1. The number of thiocarbonyl (C=S) groups is 1. The van der Waals surface area contributed by atoms with E-state index < -0.39 is 0 Å². The molecule has 0 aromatic carbocycles. The molecular weight excluding hydrogens is 234 g/mol. The number of ether oxygens (including phenoxy) is 1. The molecular formula is C12H19N3OS. The van der Waals surface area contributed by atoms with Gasteiger partial charge < -0.3 is 15.8 Å². The van der Waals surface area contributed by atoms with Crippen molar-refractivity contribution in [2.75, 3.05) is 25.1 Å². The monoisotopic (exact) mass is 253 g/mol. The quantitative estimate of drug-likeness (QED) is 0.548. The van der Waals surface area contributed by atoms with Crippen LogP contribution in [0.1, 0.15) is 25.3 Å². The Morgan fingerprint density at radius 1 is 1.53 bits per heavy atom. The highest BCUT2D eigenvalue weighted by Gasteiger charge is 2.03. The molecule has 0 fully saturated rings. The zero-order valence-electron chi connectivity index (χ0n) is 10.1. The zero-order valence-corrected chi connectivity index (χ0v) is 10.9. The maximum absolute atomic E-state index is 5.62. The minimum Gasteiger partial charge on any atom is -0.389 e. The van der Waals surface area contributed by atoms with E-state index in [-0.39, 0.29) is 0 Å². The molecule has 1 heterocycles. The minimum absolute atomic E-state index is 0.386. The van der Waals surface area contributed by atoms with Crippen LogP contribution in [0.5, 0.6) is 0 Å². The summed E-state index contributed by atoms with van der Waals surface area (Å²) in [7, 11) is 0. The predicted octanol–water partition coefficient (Wildman–Crippen LogP) is 1.94. The standard InChI is InChI=1S/C12H19N3OS/c1-2-7-16-8-3-5-15-11-9-14-6-4-10(11)12(13)17/h4,6,9,15H,2-3,5,7-8H2,1H3,(H2,13,17). The highest BCUT2D eigenvalue weighted by atomic mass is 32.1. The van der Waals surface area contributed by atoms with Crippen LogP contribution in [0.3, 0.4) is 0 Å². The van der Waals surface area contributed by atoms with Crippen molar-refractivity contribution in [2.45, 2.75) is 19.8 Å². The van der Waals surface area contributed by atoms with Crippen molar-refractivity contribution < 1.29 is 4.74 Å². The average molecular weight is 253 g/mol. The van der Waals surface area contributed by atoms with Gasteiger partial charge in [0, 0.05) is 31.5 Å². The van der Waals surface area contributed by atoms with E-state index in [0.29, 0.717) is 4.99 Å². The number of hydrogen-bond acceptors (Lipinski definition) is 4. The molecule has 17 heavy (non-hydrogen) atoms. The van der Waals surface area contributed by atoms with Crippen LogP contribution in [0.2, 0.25) is 0 Å². The summed E-state index contributed by atoms with van der Waals surface area (Å²) >= 11 is 4.97. The van der Waals surface area contributed by atoms with Gasteiger partial charge >= 0.3 is 0 Å². The maximum atomic E-state index is 5.62. The Morgan fingerprint density at radius 3 is 3.06 bits per heavy atom. The third-order valence-electron chi connectivity index (χ3n) is 2.22. The zero-order chi connectivity index (χ0) is 12.5. The van der Waals surface area contributed by atoms with Crippen molar-refractivity contribution in [1.82, 2.24) is 4.98 Å². The summed E-state index contributed by atoms with van der Waals surface area (Å²) in [4.78, 5) is 4.43. The molecule has 0 unspecified atom stereocenters. The molecule has 94 valence electrons. The van der Waals surface area contributed by atoms with Gasteiger partial charge in [-0.2, -0.15) is 0 Å². The number of nitrogens with two attached hydrogens (primary N) is 1. The lowest BCUT2D eigenvalue weighted by Crippen LogP contribution is -2.14. The van der Waals surface area contributed by atoms with E-state index >= 15 is 0 Å². The molecule has 3 N–H and O–H groups in total. The first kappa shape index (κ1) is 13.9. The van der Waals surface area contributed by atoms with Gasteiger partial charge in [0.25, 0.3) is 0 Å². The SMILES string of the molecule is CCCOCCCNc1cnccc1C(N)=S. The van der Waals surface area contributed by atoms with E-state index in [4.69, 9.17) is 22.7 Å². The van der Waals surface area contributed by atoms with Crippen molar-refractivity contribution >= 4 is 22.9 Å². The lowest BCUT2D eigenvalue weighted by molar-refractivity contribution is 0.134. The van der Waals surface area contributed by atoms with Crippen LogP contribution in [-0.2, 0) is 4.74 Å². The maximum Gasteiger partial charge on any atom is 0.106 e. The van der Waals surface area contributed by atoms with E-state index in [1.165, 1.54) is 0 Å².